The Morgan fingerprint density at radius 2 is 2.16 bits per heavy atom. The van der Waals surface area contributed by atoms with Crippen molar-refractivity contribution in [3.05, 3.63) is 58.1 Å². The molecule has 3 N–H and O–H groups in total. The van der Waals surface area contributed by atoms with Gasteiger partial charge in [0.2, 0.25) is 0 Å². The fraction of sp³-hybridized carbons (Fsp3) is 0.440. The van der Waals surface area contributed by atoms with E-state index in [0.29, 0.717) is 10.6 Å². The second-order valence-corrected chi connectivity index (χ2v) is 8.39. The maximum absolute atomic E-state index is 12.6. The van der Waals surface area contributed by atoms with Crippen molar-refractivity contribution in [2.24, 2.45) is 15.9 Å². The highest BCUT2D eigenvalue weighted by Crippen LogP contribution is 2.39. The number of halogens is 1. The Morgan fingerprint density at radius 3 is 2.78 bits per heavy atom. The number of hydrogen-bond acceptors (Lipinski definition) is 5. The van der Waals surface area contributed by atoms with Gasteiger partial charge in [0.15, 0.2) is 5.71 Å². The van der Waals surface area contributed by atoms with Crippen LogP contribution in [0.5, 0.6) is 0 Å². The Balaban J connectivity index is 1.96. The molecule has 1 amide bonds. The van der Waals surface area contributed by atoms with Gasteiger partial charge >= 0.3 is 0 Å². The number of carbonyl (C=O) groups excluding carboxylic acids is 1. The van der Waals surface area contributed by atoms with Gasteiger partial charge in [-0.1, -0.05) is 50.1 Å². The lowest BCUT2D eigenvalue weighted by Crippen LogP contribution is -2.46. The van der Waals surface area contributed by atoms with Gasteiger partial charge in [-0.05, 0) is 67.9 Å². The number of amides is 1. The molecule has 1 saturated carbocycles. The number of benzene rings is 1. The summed E-state index contributed by atoms with van der Waals surface area (Å²) in [5.74, 6) is 5.31. The first-order valence-electron chi connectivity index (χ1n) is 11.1. The van der Waals surface area contributed by atoms with Crippen LogP contribution in [-0.4, -0.2) is 29.9 Å². The molecule has 0 saturated heterocycles. The van der Waals surface area contributed by atoms with Crippen LogP contribution in [0.1, 0.15) is 69.9 Å². The molecule has 1 aromatic carbocycles. The van der Waals surface area contributed by atoms with Crippen LogP contribution < -0.4 is 11.2 Å². The number of nitrogens with two attached hydrogens (primary N) is 1. The van der Waals surface area contributed by atoms with Gasteiger partial charge in [0.1, 0.15) is 0 Å². The lowest BCUT2D eigenvalue weighted by Gasteiger charge is -2.36. The summed E-state index contributed by atoms with van der Waals surface area (Å²) in [7, 11) is 0. The van der Waals surface area contributed by atoms with Crippen molar-refractivity contribution in [3.8, 4) is 6.07 Å². The van der Waals surface area contributed by atoms with E-state index in [0.717, 1.165) is 43.2 Å². The zero-order chi connectivity index (χ0) is 23.5. The van der Waals surface area contributed by atoms with Crippen molar-refractivity contribution < 1.29 is 4.79 Å². The fourth-order valence-corrected chi connectivity index (χ4v) is 3.76. The van der Waals surface area contributed by atoms with Crippen molar-refractivity contribution in [2.45, 2.75) is 70.9 Å². The minimum Gasteiger partial charge on any atom is -0.348 e. The number of carbonyl (C=O) groups is 1. The standard InChI is InChI=1S/C25H32ClN5O/c1-4-6-8-18(9-7-5-2)17(3)29-16-24(31-28)25(32)30-22-12-20(13-22)23-14-21(26)11-10-19(23)15-27/h6,8-11,14,16-17,20,22H,4-5,7,12-13,28H2,1-3H3,(H,30,32)/b8-6-,18-9+,29-16?,31-24+. The van der Waals surface area contributed by atoms with Crippen molar-refractivity contribution in [1.82, 2.24) is 5.32 Å². The second-order valence-electron chi connectivity index (χ2n) is 7.95. The quantitative estimate of drug-likeness (QED) is 0.224. The minimum atomic E-state index is -0.346. The van der Waals surface area contributed by atoms with E-state index in [2.05, 4.69) is 53.6 Å². The van der Waals surface area contributed by atoms with Gasteiger partial charge in [0, 0.05) is 11.1 Å². The van der Waals surface area contributed by atoms with Crippen LogP contribution in [0.2, 0.25) is 5.02 Å². The number of rotatable bonds is 10. The molecular weight excluding hydrogens is 422 g/mol. The van der Waals surface area contributed by atoms with E-state index in [1.54, 1.807) is 12.1 Å². The molecule has 0 aliphatic heterocycles. The Bertz CT molecular complexity index is 952. The first-order chi connectivity index (χ1) is 15.4. The van der Waals surface area contributed by atoms with Gasteiger partial charge in [0.05, 0.1) is 23.9 Å². The van der Waals surface area contributed by atoms with Crippen LogP contribution in [0.3, 0.4) is 0 Å². The highest BCUT2D eigenvalue weighted by atomic mass is 35.5. The molecule has 1 unspecified atom stereocenters. The molecule has 1 aliphatic rings. The second kappa shape index (κ2) is 12.8. The highest BCUT2D eigenvalue weighted by Gasteiger charge is 2.33. The van der Waals surface area contributed by atoms with Gasteiger partial charge in [-0.2, -0.15) is 10.4 Å². The number of hydrazone groups is 1. The van der Waals surface area contributed by atoms with Crippen molar-refractivity contribution >= 4 is 29.4 Å². The van der Waals surface area contributed by atoms with Crippen molar-refractivity contribution in [3.63, 3.8) is 0 Å². The molecule has 0 bridgehead atoms. The highest BCUT2D eigenvalue weighted by molar-refractivity contribution is 6.60. The summed E-state index contributed by atoms with van der Waals surface area (Å²) in [6.45, 7) is 6.20. The van der Waals surface area contributed by atoms with Crippen LogP contribution in [0.4, 0.5) is 0 Å². The molecule has 1 fully saturated rings. The van der Waals surface area contributed by atoms with E-state index in [4.69, 9.17) is 17.4 Å². The largest absolute Gasteiger partial charge is 0.348 e. The predicted octanol–water partition coefficient (Wildman–Crippen LogP) is 5.04. The number of unbranched alkanes of at least 4 members (excludes halogenated alkanes) is 1. The molecule has 32 heavy (non-hydrogen) atoms. The molecule has 170 valence electrons. The normalized spacial score (nSPS) is 20.2. The van der Waals surface area contributed by atoms with Crippen LogP contribution >= 0.6 is 11.6 Å². The minimum absolute atomic E-state index is 0.00639. The number of aliphatic imine (C=N–C) groups is 1. The van der Waals surface area contributed by atoms with Crippen LogP contribution in [0.25, 0.3) is 0 Å². The third-order valence-electron chi connectivity index (χ3n) is 5.54. The summed E-state index contributed by atoms with van der Waals surface area (Å²) in [6.07, 6.45) is 12.3. The molecule has 7 heteroatoms. The third kappa shape index (κ3) is 7.06. The monoisotopic (exact) mass is 453 g/mol. The maximum atomic E-state index is 12.6. The summed E-state index contributed by atoms with van der Waals surface area (Å²) < 4.78 is 0. The zero-order valence-corrected chi connectivity index (χ0v) is 19.8. The lowest BCUT2D eigenvalue weighted by molar-refractivity contribution is -0.115. The van der Waals surface area contributed by atoms with E-state index < -0.39 is 0 Å². The molecule has 0 radical (unpaired) electrons. The predicted molar refractivity (Wildman–Crippen MR) is 132 cm³/mol. The molecule has 2 rings (SSSR count). The van der Waals surface area contributed by atoms with Gasteiger partial charge in [-0.3, -0.25) is 9.79 Å². The maximum Gasteiger partial charge on any atom is 0.273 e. The average Bonchev–Trinajstić information content (AvgIpc) is 2.76. The zero-order valence-electron chi connectivity index (χ0n) is 19.0. The van der Waals surface area contributed by atoms with Crippen LogP contribution in [-0.2, 0) is 4.79 Å². The lowest BCUT2D eigenvalue weighted by atomic mass is 9.74. The third-order valence-corrected chi connectivity index (χ3v) is 5.77. The average molecular weight is 454 g/mol. The molecule has 1 aromatic rings. The van der Waals surface area contributed by atoms with Gasteiger partial charge < -0.3 is 11.2 Å². The summed E-state index contributed by atoms with van der Waals surface area (Å²) in [5.41, 5.74) is 2.76. The van der Waals surface area contributed by atoms with E-state index in [9.17, 15) is 10.1 Å². The number of nitriles is 1. The Morgan fingerprint density at radius 1 is 1.41 bits per heavy atom. The van der Waals surface area contributed by atoms with Gasteiger partial charge in [-0.15, -0.1) is 0 Å². The van der Waals surface area contributed by atoms with E-state index in [1.807, 2.05) is 13.0 Å². The summed E-state index contributed by atoms with van der Waals surface area (Å²) in [6, 6.07) is 7.38. The van der Waals surface area contributed by atoms with E-state index >= 15 is 0 Å². The smallest absolute Gasteiger partial charge is 0.273 e. The fourth-order valence-electron chi connectivity index (χ4n) is 3.58. The molecule has 0 aromatic heterocycles. The Hall–Kier alpha value is -2.91. The molecule has 1 atom stereocenters. The first kappa shape index (κ1) is 25.4. The van der Waals surface area contributed by atoms with Gasteiger partial charge in [0.25, 0.3) is 5.91 Å². The SMILES string of the molecule is CC/C=C\C(=C/CCC)C(C)N=C/C(=N\N)C(=O)NC1CC(c2cc(Cl)ccc2C#N)C1. The summed E-state index contributed by atoms with van der Waals surface area (Å²) in [4.78, 5) is 17.1. The topological polar surface area (TPSA) is 104 Å². The molecular formula is C25H32ClN5O. The summed E-state index contributed by atoms with van der Waals surface area (Å²) in [5, 5.41) is 16.5. The Kier molecular flexibility index (Phi) is 10.2. The molecule has 1 aliphatic carbocycles. The van der Waals surface area contributed by atoms with Crippen LogP contribution in [0, 0.1) is 11.3 Å². The van der Waals surface area contributed by atoms with Crippen LogP contribution in [0.15, 0.2) is 52.1 Å². The molecule has 6 nitrogen and oxygen atoms in total. The van der Waals surface area contributed by atoms with Gasteiger partial charge in [-0.25, -0.2) is 0 Å². The first-order valence-corrected chi connectivity index (χ1v) is 11.5. The van der Waals surface area contributed by atoms with Crippen molar-refractivity contribution in [2.75, 3.05) is 0 Å². The van der Waals surface area contributed by atoms with E-state index in [1.165, 1.54) is 6.21 Å². The molecule has 0 spiro atoms. The molecule has 0 heterocycles. The number of nitrogens with zero attached hydrogens (tertiary/aromatic N) is 3. The number of allylic oxidation sites excluding steroid dienone is 2. The number of nitrogens with one attached hydrogen (secondary N) is 1. The summed E-state index contributed by atoms with van der Waals surface area (Å²) >= 11 is 6.09. The number of hydrogen-bond donors (Lipinski definition) is 2. The Labute approximate surface area is 195 Å². The van der Waals surface area contributed by atoms with Crippen molar-refractivity contribution in [1.29, 1.82) is 5.26 Å². The van der Waals surface area contributed by atoms with E-state index in [-0.39, 0.29) is 29.6 Å².